The number of hydrogen-bond acceptors (Lipinski definition) is 7. The fourth-order valence-corrected chi connectivity index (χ4v) is 5.85. The summed E-state index contributed by atoms with van der Waals surface area (Å²) < 4.78 is 49.4. The molecule has 0 saturated heterocycles. The number of anilines is 1. The molecule has 0 bridgehead atoms. The predicted octanol–water partition coefficient (Wildman–Crippen LogP) is 2.40. The number of rotatable bonds is 8. The van der Waals surface area contributed by atoms with Crippen LogP contribution in [0.1, 0.15) is 37.2 Å². The van der Waals surface area contributed by atoms with Crippen molar-refractivity contribution < 1.29 is 17.5 Å². The molecule has 9 nitrogen and oxygen atoms in total. The summed E-state index contributed by atoms with van der Waals surface area (Å²) in [5, 5.41) is 0. The molecule has 32 heavy (non-hydrogen) atoms. The van der Waals surface area contributed by atoms with E-state index >= 15 is 0 Å². The summed E-state index contributed by atoms with van der Waals surface area (Å²) in [6.07, 6.45) is 0.672. The molecular weight excluding hydrogens is 550 g/mol. The number of fused-ring (bicyclic) bond motifs is 2. The van der Waals surface area contributed by atoms with Gasteiger partial charge in [-0.2, -0.15) is 14.4 Å². The van der Waals surface area contributed by atoms with Gasteiger partial charge in [-0.3, -0.25) is 0 Å². The second-order valence-electron chi connectivity index (χ2n) is 8.00. The van der Waals surface area contributed by atoms with Gasteiger partial charge in [0.05, 0.1) is 12.4 Å². The number of hydrogen-bond donors (Lipinski definition) is 2. The van der Waals surface area contributed by atoms with Crippen LogP contribution in [0.4, 0.5) is 10.2 Å². The van der Waals surface area contributed by atoms with Gasteiger partial charge in [0.1, 0.15) is 11.6 Å². The molecular formula is C20H24FIN6O3S. The van der Waals surface area contributed by atoms with Crippen LogP contribution in [0.5, 0.6) is 5.75 Å². The number of nitrogens with zero attached hydrogens (tertiary/aromatic N) is 4. The highest BCUT2D eigenvalue weighted by Gasteiger charge is 2.21. The minimum Gasteiger partial charge on any atom is -0.493 e. The Hall–Kier alpha value is -2.06. The van der Waals surface area contributed by atoms with Crippen molar-refractivity contribution >= 4 is 49.6 Å². The lowest BCUT2D eigenvalue weighted by Gasteiger charge is -2.12. The van der Waals surface area contributed by atoms with Crippen LogP contribution < -0.4 is 15.2 Å². The van der Waals surface area contributed by atoms with Gasteiger partial charge >= 0.3 is 6.08 Å². The number of ether oxygens (including phenoxy) is 1. The summed E-state index contributed by atoms with van der Waals surface area (Å²) in [5.74, 6) is 1.35. The van der Waals surface area contributed by atoms with E-state index in [1.54, 1.807) is 18.4 Å². The van der Waals surface area contributed by atoms with E-state index in [-0.39, 0.29) is 23.3 Å². The van der Waals surface area contributed by atoms with Gasteiger partial charge < -0.3 is 15.0 Å². The normalized spacial score (nSPS) is 13.7. The Bertz CT molecular complexity index is 1280. The molecule has 2 aromatic heterocycles. The number of halogens is 2. The maximum absolute atomic E-state index is 13.9. The highest BCUT2D eigenvalue weighted by atomic mass is 127. The van der Waals surface area contributed by atoms with Crippen molar-refractivity contribution in [1.29, 1.82) is 0 Å². The lowest BCUT2D eigenvalue weighted by atomic mass is 10.1. The van der Waals surface area contributed by atoms with Gasteiger partial charge in [-0.1, -0.05) is 0 Å². The maximum atomic E-state index is 13.9. The van der Waals surface area contributed by atoms with Crippen molar-refractivity contribution in [2.24, 2.45) is 0 Å². The first-order valence-corrected chi connectivity index (χ1v) is 13.0. The molecule has 0 spiro atoms. The third-order valence-electron chi connectivity index (χ3n) is 5.09. The van der Waals surface area contributed by atoms with Crippen LogP contribution in [-0.2, 0) is 29.4 Å². The first-order chi connectivity index (χ1) is 15.1. The standard InChI is InChI=1S/C20H24FIN6O3S/c1-11(2)27-32(29,30)7-3-5-28-16(24-17-18(23)25-20(21)26-19(17)28)10-13-9-15-12(4-6-31-15)8-14(13)22/h8-9,11,27H,3-7,10H2,1-2H3,(H2,23,25,26). The third kappa shape index (κ3) is 4.96. The SMILES string of the molecule is CC(C)NS(=O)(=O)CCCn1c(Cc2cc3c(cc2I)CCO3)nc2c(N)nc(F)nc21. The van der Waals surface area contributed by atoms with E-state index in [1.165, 1.54) is 5.56 Å². The lowest BCUT2D eigenvalue weighted by molar-refractivity contribution is 0.356. The Kier molecular flexibility index (Phi) is 6.54. The van der Waals surface area contributed by atoms with Crippen molar-refractivity contribution in [3.05, 3.63) is 38.7 Å². The molecule has 0 fully saturated rings. The number of aryl methyl sites for hydroxylation is 1. The fraction of sp³-hybridized carbons (Fsp3) is 0.450. The topological polar surface area (TPSA) is 125 Å². The first-order valence-electron chi connectivity index (χ1n) is 10.2. The summed E-state index contributed by atoms with van der Waals surface area (Å²) >= 11 is 2.28. The number of imidazole rings is 1. The van der Waals surface area contributed by atoms with E-state index < -0.39 is 16.1 Å². The molecule has 4 rings (SSSR count). The molecule has 3 N–H and O–H groups in total. The summed E-state index contributed by atoms with van der Waals surface area (Å²) in [6.45, 7) is 4.49. The van der Waals surface area contributed by atoms with E-state index in [0.29, 0.717) is 37.3 Å². The Balaban J connectivity index is 1.67. The highest BCUT2D eigenvalue weighted by molar-refractivity contribution is 14.1. The molecule has 0 aliphatic carbocycles. The quantitative estimate of drug-likeness (QED) is 0.313. The highest BCUT2D eigenvalue weighted by Crippen LogP contribution is 2.31. The van der Waals surface area contributed by atoms with Crippen molar-refractivity contribution in [3.63, 3.8) is 0 Å². The van der Waals surface area contributed by atoms with Crippen molar-refractivity contribution in [2.75, 3.05) is 18.1 Å². The summed E-state index contributed by atoms with van der Waals surface area (Å²) in [4.78, 5) is 12.1. The number of nitrogens with two attached hydrogens (primary N) is 1. The van der Waals surface area contributed by atoms with E-state index in [4.69, 9.17) is 10.5 Å². The Morgan fingerprint density at radius 2 is 2.09 bits per heavy atom. The zero-order valence-electron chi connectivity index (χ0n) is 17.7. The minimum atomic E-state index is -3.42. The number of aromatic nitrogens is 4. The van der Waals surface area contributed by atoms with E-state index in [9.17, 15) is 12.8 Å². The molecule has 12 heteroatoms. The first kappa shape index (κ1) is 23.1. The summed E-state index contributed by atoms with van der Waals surface area (Å²) in [5.41, 5.74) is 8.63. The van der Waals surface area contributed by atoms with Crippen LogP contribution in [0.3, 0.4) is 0 Å². The van der Waals surface area contributed by atoms with E-state index in [1.807, 2.05) is 6.07 Å². The van der Waals surface area contributed by atoms with Gasteiger partial charge in [-0.15, -0.1) is 0 Å². The average molecular weight is 574 g/mol. The van der Waals surface area contributed by atoms with Crippen LogP contribution in [0.25, 0.3) is 11.2 Å². The van der Waals surface area contributed by atoms with Crippen molar-refractivity contribution in [3.8, 4) is 5.75 Å². The summed E-state index contributed by atoms with van der Waals surface area (Å²) in [6, 6.07) is 3.92. The number of sulfonamides is 1. The van der Waals surface area contributed by atoms with Gasteiger partial charge in [-0.25, -0.2) is 18.1 Å². The summed E-state index contributed by atoms with van der Waals surface area (Å²) in [7, 11) is -3.42. The van der Waals surface area contributed by atoms with Crippen LogP contribution in [0, 0.1) is 9.65 Å². The van der Waals surface area contributed by atoms with Crippen molar-refractivity contribution in [1.82, 2.24) is 24.2 Å². The second-order valence-corrected chi connectivity index (χ2v) is 11.0. The molecule has 0 unspecified atom stereocenters. The van der Waals surface area contributed by atoms with Gasteiger partial charge in [0.15, 0.2) is 17.0 Å². The molecule has 3 heterocycles. The molecule has 1 aliphatic heterocycles. The molecule has 0 atom stereocenters. The van der Waals surface area contributed by atoms with Gasteiger partial charge in [0.25, 0.3) is 0 Å². The molecule has 172 valence electrons. The Labute approximate surface area is 199 Å². The molecule has 1 aliphatic rings. The van der Waals surface area contributed by atoms with Crippen LogP contribution >= 0.6 is 22.6 Å². The minimum absolute atomic E-state index is 0.0476. The maximum Gasteiger partial charge on any atom is 0.312 e. The van der Waals surface area contributed by atoms with Gasteiger partial charge in [0, 0.05) is 29.0 Å². The van der Waals surface area contributed by atoms with E-state index in [0.717, 1.165) is 21.3 Å². The smallest absolute Gasteiger partial charge is 0.312 e. The monoisotopic (exact) mass is 574 g/mol. The predicted molar refractivity (Wildman–Crippen MR) is 128 cm³/mol. The average Bonchev–Trinajstić information content (AvgIpc) is 3.26. The van der Waals surface area contributed by atoms with Crippen molar-refractivity contribution in [2.45, 2.75) is 45.7 Å². The Morgan fingerprint density at radius 1 is 1.31 bits per heavy atom. The lowest BCUT2D eigenvalue weighted by Crippen LogP contribution is -2.32. The molecule has 0 saturated carbocycles. The largest absolute Gasteiger partial charge is 0.493 e. The van der Waals surface area contributed by atoms with Crippen LogP contribution in [0.2, 0.25) is 0 Å². The van der Waals surface area contributed by atoms with Gasteiger partial charge in [-0.05, 0) is 66.1 Å². The number of nitrogen functional groups attached to an aromatic ring is 1. The van der Waals surface area contributed by atoms with Gasteiger partial charge in [0.2, 0.25) is 10.0 Å². The number of nitrogens with one attached hydrogen (secondary N) is 1. The molecule has 1 aromatic carbocycles. The fourth-order valence-electron chi connectivity index (χ4n) is 3.78. The van der Waals surface area contributed by atoms with Crippen LogP contribution in [-0.4, -0.2) is 46.3 Å². The molecule has 3 aromatic rings. The zero-order chi connectivity index (χ0) is 23.0. The van der Waals surface area contributed by atoms with E-state index in [2.05, 4.69) is 48.3 Å². The molecule has 0 amide bonds. The number of benzene rings is 1. The zero-order valence-corrected chi connectivity index (χ0v) is 20.7. The third-order valence-corrected chi connectivity index (χ3v) is 7.75. The van der Waals surface area contributed by atoms with Crippen LogP contribution in [0.15, 0.2) is 12.1 Å². The molecule has 0 radical (unpaired) electrons. The Morgan fingerprint density at radius 3 is 2.84 bits per heavy atom. The second kappa shape index (κ2) is 9.06.